The summed E-state index contributed by atoms with van der Waals surface area (Å²) < 4.78 is 2.14. The van der Waals surface area contributed by atoms with Crippen molar-refractivity contribution in [3.05, 3.63) is 36.0 Å². The predicted octanol–water partition coefficient (Wildman–Crippen LogP) is 2.87. The summed E-state index contributed by atoms with van der Waals surface area (Å²) in [4.78, 5) is 10.7. The Morgan fingerprint density at radius 3 is 3.00 bits per heavy atom. The lowest BCUT2D eigenvalue weighted by atomic mass is 10.2. The van der Waals surface area contributed by atoms with Crippen molar-refractivity contribution in [1.82, 2.24) is 4.57 Å². The third kappa shape index (κ3) is 1.99. The van der Waals surface area contributed by atoms with E-state index in [1.807, 2.05) is 24.4 Å². The van der Waals surface area contributed by atoms with Crippen molar-refractivity contribution in [1.29, 1.82) is 0 Å². The average molecular weight is 211 g/mol. The molecule has 0 saturated heterocycles. The normalized spacial score (nSPS) is 10.2. The molecule has 80 valence electrons. The van der Waals surface area contributed by atoms with E-state index in [0.717, 1.165) is 36.6 Å². The minimum absolute atomic E-state index is 0.712. The molecule has 0 N–H and O–H groups in total. The van der Waals surface area contributed by atoms with Crippen molar-refractivity contribution < 1.29 is 4.79 Å². The van der Waals surface area contributed by atoms with Gasteiger partial charge in [-0.2, -0.15) is 0 Å². The zero-order valence-electron chi connectivity index (χ0n) is 9.02. The maximum atomic E-state index is 10.7. The molecule has 1 aromatic heterocycles. The summed E-state index contributed by atoms with van der Waals surface area (Å²) in [5.74, 6) is 2.63. The third-order valence-electron chi connectivity index (χ3n) is 2.65. The molecular weight excluding hydrogens is 198 g/mol. The van der Waals surface area contributed by atoms with Gasteiger partial charge in [-0.25, -0.2) is 0 Å². The zero-order valence-corrected chi connectivity index (χ0v) is 9.02. The minimum Gasteiger partial charge on any atom is -0.347 e. The van der Waals surface area contributed by atoms with Crippen molar-refractivity contribution in [3.63, 3.8) is 0 Å². The maximum absolute atomic E-state index is 10.7. The first-order valence-electron chi connectivity index (χ1n) is 5.32. The Hall–Kier alpha value is -2.01. The molecule has 16 heavy (non-hydrogen) atoms. The molecule has 0 unspecified atom stereocenters. The number of benzene rings is 1. The Morgan fingerprint density at radius 2 is 2.25 bits per heavy atom. The topological polar surface area (TPSA) is 22.0 Å². The molecule has 1 aromatic carbocycles. The number of carbonyl (C=O) groups is 1. The second kappa shape index (κ2) is 4.67. The second-order valence-corrected chi connectivity index (χ2v) is 3.75. The highest BCUT2D eigenvalue weighted by Gasteiger charge is 2.01. The van der Waals surface area contributed by atoms with Gasteiger partial charge in [0, 0.05) is 30.2 Å². The van der Waals surface area contributed by atoms with Gasteiger partial charge >= 0.3 is 0 Å². The Kier molecular flexibility index (Phi) is 3.07. The van der Waals surface area contributed by atoms with E-state index in [2.05, 4.69) is 16.6 Å². The smallest absolute Gasteiger partial charge is 0.150 e. The number of aldehydes is 1. The van der Waals surface area contributed by atoms with Gasteiger partial charge in [-0.15, -0.1) is 12.3 Å². The maximum Gasteiger partial charge on any atom is 0.150 e. The van der Waals surface area contributed by atoms with Crippen molar-refractivity contribution in [2.75, 3.05) is 0 Å². The van der Waals surface area contributed by atoms with E-state index in [1.165, 1.54) is 0 Å². The van der Waals surface area contributed by atoms with Crippen LogP contribution in [0, 0.1) is 12.3 Å². The van der Waals surface area contributed by atoms with Crippen LogP contribution in [0.15, 0.2) is 30.5 Å². The van der Waals surface area contributed by atoms with Gasteiger partial charge in [0.2, 0.25) is 0 Å². The SMILES string of the molecule is C#CCCCn1ccc2ccc(C=O)cc21. The molecule has 0 aliphatic heterocycles. The van der Waals surface area contributed by atoms with Crippen LogP contribution < -0.4 is 0 Å². The number of hydrogen-bond acceptors (Lipinski definition) is 1. The number of aromatic nitrogens is 1. The quantitative estimate of drug-likeness (QED) is 0.433. The Balaban J connectivity index is 2.31. The van der Waals surface area contributed by atoms with Crippen LogP contribution >= 0.6 is 0 Å². The van der Waals surface area contributed by atoms with Gasteiger partial charge in [0.05, 0.1) is 0 Å². The molecule has 0 spiro atoms. The summed E-state index contributed by atoms with van der Waals surface area (Å²) >= 11 is 0. The van der Waals surface area contributed by atoms with E-state index in [1.54, 1.807) is 0 Å². The summed E-state index contributed by atoms with van der Waals surface area (Å²) in [6.45, 7) is 0.899. The monoisotopic (exact) mass is 211 g/mol. The van der Waals surface area contributed by atoms with Gasteiger partial charge in [-0.3, -0.25) is 4.79 Å². The molecule has 0 aliphatic carbocycles. The van der Waals surface area contributed by atoms with E-state index >= 15 is 0 Å². The van der Waals surface area contributed by atoms with Crippen LogP contribution in [-0.4, -0.2) is 10.9 Å². The molecular formula is C14H13NO. The number of nitrogens with zero attached hydrogens (tertiary/aromatic N) is 1. The van der Waals surface area contributed by atoms with E-state index < -0.39 is 0 Å². The van der Waals surface area contributed by atoms with Crippen LogP contribution in [0.4, 0.5) is 0 Å². The van der Waals surface area contributed by atoms with Crippen LogP contribution in [0.5, 0.6) is 0 Å². The highest BCUT2D eigenvalue weighted by Crippen LogP contribution is 2.17. The van der Waals surface area contributed by atoms with Crippen LogP contribution in [-0.2, 0) is 6.54 Å². The fourth-order valence-electron chi connectivity index (χ4n) is 1.82. The largest absolute Gasteiger partial charge is 0.347 e. The number of rotatable bonds is 4. The van der Waals surface area contributed by atoms with Gasteiger partial charge < -0.3 is 4.57 Å². The molecule has 0 radical (unpaired) electrons. The molecule has 2 nitrogen and oxygen atoms in total. The average Bonchev–Trinajstić information content (AvgIpc) is 2.72. The lowest BCUT2D eigenvalue weighted by Crippen LogP contribution is -1.95. The van der Waals surface area contributed by atoms with E-state index in [-0.39, 0.29) is 0 Å². The lowest BCUT2D eigenvalue weighted by Gasteiger charge is -2.03. The van der Waals surface area contributed by atoms with E-state index in [4.69, 9.17) is 6.42 Å². The highest BCUT2D eigenvalue weighted by atomic mass is 16.1. The van der Waals surface area contributed by atoms with E-state index in [0.29, 0.717) is 5.56 Å². The van der Waals surface area contributed by atoms with Crippen LogP contribution in [0.25, 0.3) is 10.9 Å². The third-order valence-corrected chi connectivity index (χ3v) is 2.65. The van der Waals surface area contributed by atoms with Crippen molar-refractivity contribution >= 4 is 17.2 Å². The number of carbonyl (C=O) groups excluding carboxylic acids is 1. The highest BCUT2D eigenvalue weighted by molar-refractivity contribution is 5.87. The number of fused-ring (bicyclic) bond motifs is 1. The zero-order chi connectivity index (χ0) is 11.4. The number of unbranched alkanes of at least 4 members (excludes halogenated alkanes) is 1. The Labute approximate surface area is 94.9 Å². The lowest BCUT2D eigenvalue weighted by molar-refractivity contribution is 0.112. The summed E-state index contributed by atoms with van der Waals surface area (Å²) in [5, 5.41) is 1.16. The van der Waals surface area contributed by atoms with Gasteiger partial charge in [-0.05, 0) is 23.9 Å². The number of aryl methyl sites for hydroxylation is 1. The molecule has 2 rings (SSSR count). The summed E-state index contributed by atoms with van der Waals surface area (Å²) in [6.07, 6.45) is 9.88. The van der Waals surface area contributed by atoms with Gasteiger partial charge in [0.25, 0.3) is 0 Å². The van der Waals surface area contributed by atoms with Gasteiger partial charge in [-0.1, -0.05) is 12.1 Å². The fraction of sp³-hybridized carbons (Fsp3) is 0.214. The molecule has 0 bridgehead atoms. The first-order chi connectivity index (χ1) is 7.85. The molecule has 2 aromatic rings. The van der Waals surface area contributed by atoms with Crippen molar-refractivity contribution in [2.45, 2.75) is 19.4 Å². The van der Waals surface area contributed by atoms with Crippen LogP contribution in [0.3, 0.4) is 0 Å². The molecule has 0 atom stereocenters. The molecule has 1 heterocycles. The minimum atomic E-state index is 0.712. The standard InChI is InChI=1S/C14H13NO/c1-2-3-4-8-15-9-7-13-6-5-12(11-16)10-14(13)15/h1,5-7,9-11H,3-4,8H2. The molecule has 0 aliphatic rings. The van der Waals surface area contributed by atoms with Crippen molar-refractivity contribution in [3.8, 4) is 12.3 Å². The van der Waals surface area contributed by atoms with E-state index in [9.17, 15) is 4.79 Å². The molecule has 0 saturated carbocycles. The van der Waals surface area contributed by atoms with Crippen LogP contribution in [0.2, 0.25) is 0 Å². The second-order valence-electron chi connectivity index (χ2n) is 3.75. The van der Waals surface area contributed by atoms with Gasteiger partial charge in [0.1, 0.15) is 6.29 Å². The number of hydrogen-bond donors (Lipinski definition) is 0. The first kappa shape index (κ1) is 10.5. The van der Waals surface area contributed by atoms with Gasteiger partial charge in [0.15, 0.2) is 0 Å². The summed E-state index contributed by atoms with van der Waals surface area (Å²) in [7, 11) is 0. The number of terminal acetylenes is 1. The van der Waals surface area contributed by atoms with Crippen LogP contribution in [0.1, 0.15) is 23.2 Å². The Bertz CT molecular complexity index is 545. The fourth-order valence-corrected chi connectivity index (χ4v) is 1.82. The van der Waals surface area contributed by atoms with Crippen molar-refractivity contribution in [2.24, 2.45) is 0 Å². The Morgan fingerprint density at radius 1 is 1.38 bits per heavy atom. The molecule has 2 heteroatoms. The predicted molar refractivity (Wildman–Crippen MR) is 65.4 cm³/mol. The summed E-state index contributed by atoms with van der Waals surface area (Å²) in [6, 6.07) is 7.77. The molecule has 0 amide bonds. The summed E-state index contributed by atoms with van der Waals surface area (Å²) in [5.41, 5.74) is 1.81. The molecule has 0 fully saturated rings. The first-order valence-corrected chi connectivity index (χ1v) is 5.32.